The van der Waals surface area contributed by atoms with Crippen molar-refractivity contribution in [2.75, 3.05) is 0 Å². The molecule has 0 spiro atoms. The van der Waals surface area contributed by atoms with Crippen molar-refractivity contribution in [3.63, 3.8) is 0 Å². The van der Waals surface area contributed by atoms with Crippen molar-refractivity contribution < 1.29 is 4.79 Å². The van der Waals surface area contributed by atoms with Crippen molar-refractivity contribution in [2.45, 2.75) is 25.8 Å². The summed E-state index contributed by atoms with van der Waals surface area (Å²) in [4.78, 5) is 21.8. The average molecular weight is 344 g/mol. The van der Waals surface area contributed by atoms with Crippen LogP contribution in [0, 0.1) is 6.92 Å². The molecule has 1 aromatic carbocycles. The highest BCUT2D eigenvalue weighted by Gasteiger charge is 2.25. The summed E-state index contributed by atoms with van der Waals surface area (Å²) >= 11 is 7.54. The van der Waals surface area contributed by atoms with Gasteiger partial charge in [-0.3, -0.25) is 4.79 Å². The molecule has 1 aliphatic carbocycles. The first-order chi connectivity index (χ1) is 11.1. The van der Waals surface area contributed by atoms with E-state index in [4.69, 9.17) is 11.6 Å². The average Bonchev–Trinajstić information content (AvgIpc) is 3.24. The van der Waals surface area contributed by atoms with E-state index in [1.165, 1.54) is 0 Å². The lowest BCUT2D eigenvalue weighted by Crippen LogP contribution is -2.25. The lowest BCUT2D eigenvalue weighted by atomic mass is 10.1. The molecule has 1 amide bonds. The molecule has 1 fully saturated rings. The smallest absolute Gasteiger partial charge is 0.252 e. The first-order valence-corrected chi connectivity index (χ1v) is 8.64. The molecule has 1 N–H and O–H groups in total. The zero-order chi connectivity index (χ0) is 16.0. The van der Waals surface area contributed by atoms with Crippen LogP contribution >= 0.6 is 22.9 Å². The maximum absolute atomic E-state index is 12.4. The van der Waals surface area contributed by atoms with Gasteiger partial charge in [0.2, 0.25) is 5.28 Å². The van der Waals surface area contributed by atoms with Crippen molar-refractivity contribution in [3.05, 3.63) is 46.9 Å². The van der Waals surface area contributed by atoms with Crippen LogP contribution < -0.4 is 5.32 Å². The fourth-order valence-electron chi connectivity index (χ4n) is 2.54. The Labute approximate surface area is 142 Å². The Morgan fingerprint density at radius 2 is 2.22 bits per heavy atom. The lowest BCUT2D eigenvalue weighted by molar-refractivity contribution is 0.0953. The Kier molecular flexibility index (Phi) is 3.54. The van der Waals surface area contributed by atoms with Gasteiger partial charge < -0.3 is 5.32 Å². The molecule has 2 heterocycles. The summed E-state index contributed by atoms with van der Waals surface area (Å²) in [5.74, 6) is -0.000100. The van der Waals surface area contributed by atoms with Gasteiger partial charge in [0.15, 0.2) is 0 Å². The van der Waals surface area contributed by atoms with Crippen LogP contribution in [0.3, 0.4) is 0 Å². The summed E-state index contributed by atoms with van der Waals surface area (Å²) in [6.45, 7) is 1.96. The van der Waals surface area contributed by atoms with Crippen LogP contribution in [0.15, 0.2) is 30.5 Å². The molecule has 3 aromatic rings. The van der Waals surface area contributed by atoms with Gasteiger partial charge in [-0.2, -0.15) is 0 Å². The minimum atomic E-state index is -0.000100. The molecule has 1 saturated carbocycles. The maximum atomic E-state index is 12.4. The molecule has 1 aliphatic rings. The van der Waals surface area contributed by atoms with Crippen LogP contribution in [0.1, 0.15) is 28.8 Å². The molecule has 0 radical (unpaired) electrons. The van der Waals surface area contributed by atoms with E-state index < -0.39 is 0 Å². The van der Waals surface area contributed by atoms with Crippen molar-refractivity contribution in [1.82, 2.24) is 15.3 Å². The number of carbonyl (C=O) groups is 1. The number of nitrogens with zero attached hydrogens (tertiary/aromatic N) is 2. The van der Waals surface area contributed by atoms with Gasteiger partial charge in [0.25, 0.3) is 5.91 Å². The van der Waals surface area contributed by atoms with Gasteiger partial charge in [-0.05, 0) is 55.1 Å². The fourth-order valence-corrected chi connectivity index (χ4v) is 3.81. The van der Waals surface area contributed by atoms with Crippen molar-refractivity contribution >= 4 is 38.9 Å². The van der Waals surface area contributed by atoms with Gasteiger partial charge in [0.1, 0.15) is 0 Å². The zero-order valence-corrected chi connectivity index (χ0v) is 14.0. The van der Waals surface area contributed by atoms with Crippen LogP contribution in [0.5, 0.6) is 0 Å². The van der Waals surface area contributed by atoms with E-state index in [1.54, 1.807) is 17.5 Å². The standard InChI is InChI=1S/C17H14ClN3OS/c1-9-8-19-17(18)21-15(9)14-7-12-11(3-2-4-13(12)23-14)16(22)20-10-5-6-10/h2-4,7-8,10H,5-6H2,1H3,(H,20,22). The highest BCUT2D eigenvalue weighted by molar-refractivity contribution is 7.22. The quantitative estimate of drug-likeness (QED) is 0.725. The largest absolute Gasteiger partial charge is 0.349 e. The van der Waals surface area contributed by atoms with Crippen LogP contribution in [-0.4, -0.2) is 21.9 Å². The second kappa shape index (κ2) is 5.58. The molecule has 23 heavy (non-hydrogen) atoms. The van der Waals surface area contributed by atoms with Gasteiger partial charge in [-0.1, -0.05) is 6.07 Å². The van der Waals surface area contributed by atoms with Gasteiger partial charge in [0.05, 0.1) is 10.6 Å². The monoisotopic (exact) mass is 343 g/mol. The van der Waals surface area contributed by atoms with E-state index in [0.717, 1.165) is 44.6 Å². The Bertz CT molecular complexity index is 917. The van der Waals surface area contributed by atoms with Gasteiger partial charge in [-0.15, -0.1) is 11.3 Å². The number of benzene rings is 1. The molecular formula is C17H14ClN3OS. The molecule has 4 nitrogen and oxygen atoms in total. The predicted molar refractivity (Wildman–Crippen MR) is 93.1 cm³/mol. The second-order valence-electron chi connectivity index (χ2n) is 5.75. The summed E-state index contributed by atoms with van der Waals surface area (Å²) in [6, 6.07) is 8.18. The number of hydrogen-bond acceptors (Lipinski definition) is 4. The number of hydrogen-bond donors (Lipinski definition) is 1. The number of rotatable bonds is 3. The molecule has 0 saturated heterocycles. The van der Waals surface area contributed by atoms with E-state index >= 15 is 0 Å². The third-order valence-corrected chi connectivity index (χ3v) is 5.18. The highest BCUT2D eigenvalue weighted by atomic mass is 35.5. The third kappa shape index (κ3) is 2.82. The second-order valence-corrected chi connectivity index (χ2v) is 7.17. The van der Waals surface area contributed by atoms with Crippen molar-refractivity contribution in [2.24, 2.45) is 0 Å². The highest BCUT2D eigenvalue weighted by Crippen LogP contribution is 2.36. The number of amides is 1. The zero-order valence-electron chi connectivity index (χ0n) is 12.5. The number of aromatic nitrogens is 2. The Morgan fingerprint density at radius 1 is 1.39 bits per heavy atom. The summed E-state index contributed by atoms with van der Waals surface area (Å²) in [7, 11) is 0. The van der Waals surface area contributed by atoms with Crippen molar-refractivity contribution in [3.8, 4) is 10.6 Å². The Hall–Kier alpha value is -1.98. The molecule has 0 unspecified atom stereocenters. The van der Waals surface area contributed by atoms with Crippen LogP contribution in [0.2, 0.25) is 5.28 Å². The predicted octanol–water partition coefficient (Wildman–Crippen LogP) is 4.21. The van der Waals surface area contributed by atoms with Crippen molar-refractivity contribution in [1.29, 1.82) is 0 Å². The van der Waals surface area contributed by atoms with Crippen LogP contribution in [0.25, 0.3) is 20.7 Å². The van der Waals surface area contributed by atoms with Crippen LogP contribution in [0.4, 0.5) is 0 Å². The SMILES string of the molecule is Cc1cnc(Cl)nc1-c1cc2c(C(=O)NC3CC3)cccc2s1. The molecule has 6 heteroatoms. The Morgan fingerprint density at radius 3 is 3.00 bits per heavy atom. The van der Waals surface area contributed by atoms with E-state index in [9.17, 15) is 4.79 Å². The molecule has 0 aliphatic heterocycles. The lowest BCUT2D eigenvalue weighted by Gasteiger charge is -2.04. The molecule has 4 rings (SSSR count). The summed E-state index contributed by atoms with van der Waals surface area (Å²) in [5, 5.41) is 4.24. The number of carbonyl (C=O) groups excluding carboxylic acids is 1. The topological polar surface area (TPSA) is 54.9 Å². The van der Waals surface area contributed by atoms with E-state index in [0.29, 0.717) is 6.04 Å². The minimum Gasteiger partial charge on any atom is -0.349 e. The molecular weight excluding hydrogens is 330 g/mol. The first kappa shape index (κ1) is 14.6. The number of nitrogens with one attached hydrogen (secondary N) is 1. The Balaban J connectivity index is 1.81. The van der Waals surface area contributed by atoms with E-state index in [2.05, 4.69) is 15.3 Å². The molecule has 2 aromatic heterocycles. The normalized spacial score (nSPS) is 14.2. The number of aryl methyl sites for hydroxylation is 1. The van der Waals surface area contributed by atoms with Gasteiger partial charge in [-0.25, -0.2) is 9.97 Å². The number of halogens is 1. The first-order valence-electron chi connectivity index (χ1n) is 7.45. The maximum Gasteiger partial charge on any atom is 0.252 e. The molecule has 116 valence electrons. The number of thiophene rings is 1. The van der Waals surface area contributed by atoms with Gasteiger partial charge >= 0.3 is 0 Å². The van der Waals surface area contributed by atoms with E-state index in [1.807, 2.05) is 31.2 Å². The van der Waals surface area contributed by atoms with Crippen LogP contribution in [-0.2, 0) is 0 Å². The minimum absolute atomic E-state index is 0.000100. The molecule has 0 bridgehead atoms. The summed E-state index contributed by atoms with van der Waals surface area (Å²) < 4.78 is 1.07. The van der Waals surface area contributed by atoms with Gasteiger partial charge in [0, 0.05) is 27.9 Å². The summed E-state index contributed by atoms with van der Waals surface area (Å²) in [5.41, 5.74) is 2.50. The summed E-state index contributed by atoms with van der Waals surface area (Å²) in [6.07, 6.45) is 3.88. The fraction of sp³-hybridized carbons (Fsp3) is 0.235. The molecule has 0 atom stereocenters. The third-order valence-electron chi connectivity index (χ3n) is 3.89. The van der Waals surface area contributed by atoms with E-state index in [-0.39, 0.29) is 11.2 Å². The number of fused-ring (bicyclic) bond motifs is 1.